The van der Waals surface area contributed by atoms with Gasteiger partial charge in [-0.2, -0.15) is 0 Å². The first-order valence-corrected chi connectivity index (χ1v) is 8.23. The summed E-state index contributed by atoms with van der Waals surface area (Å²) >= 11 is 0. The molecule has 0 saturated heterocycles. The maximum absolute atomic E-state index is 13.4. The van der Waals surface area contributed by atoms with Crippen molar-refractivity contribution >= 4 is 19.3 Å². The monoisotopic (exact) mass is 318 g/mol. The van der Waals surface area contributed by atoms with Crippen LogP contribution in [-0.4, -0.2) is 33.2 Å². The molecule has 1 rings (SSSR count). The lowest BCUT2D eigenvalue weighted by molar-refractivity contribution is -0.142. The first kappa shape index (κ1) is 17.3. The van der Waals surface area contributed by atoms with E-state index in [9.17, 15) is 23.4 Å². The summed E-state index contributed by atoms with van der Waals surface area (Å²) < 4.78 is 25.5. The number of carboxylic acids is 2. The summed E-state index contributed by atoms with van der Waals surface area (Å²) in [7, 11) is -3.93. The molecule has 1 unspecified atom stereocenters. The maximum Gasteiger partial charge on any atom is 0.307 e. The highest BCUT2D eigenvalue weighted by Gasteiger charge is 2.30. The predicted octanol–water partition coefficient (Wildman–Crippen LogP) is 2.16. The summed E-state index contributed by atoms with van der Waals surface area (Å²) in [4.78, 5) is 31.3. The Balaban J connectivity index is 2.76. The predicted molar refractivity (Wildman–Crippen MR) is 72.8 cm³/mol. The van der Waals surface area contributed by atoms with Crippen LogP contribution in [0.25, 0.3) is 0 Å². The lowest BCUT2D eigenvalue weighted by Crippen LogP contribution is -2.20. The number of benzene rings is 1. The van der Waals surface area contributed by atoms with Gasteiger partial charge in [0.05, 0.1) is 12.1 Å². The molecule has 0 aliphatic heterocycles. The highest BCUT2D eigenvalue weighted by atomic mass is 31.2. The van der Waals surface area contributed by atoms with Crippen LogP contribution in [-0.2, 0) is 20.3 Å². The molecule has 0 bridgehead atoms. The average Bonchev–Trinajstić information content (AvgIpc) is 2.36. The van der Waals surface area contributed by atoms with E-state index in [1.165, 1.54) is 18.2 Å². The third kappa shape index (κ3) is 6.06. The van der Waals surface area contributed by atoms with E-state index >= 15 is 0 Å². The van der Waals surface area contributed by atoms with E-state index < -0.39 is 49.8 Å². The topological polar surface area (TPSA) is 112 Å². The van der Waals surface area contributed by atoms with E-state index in [2.05, 4.69) is 0 Å². The molecule has 116 valence electrons. The van der Waals surface area contributed by atoms with Crippen molar-refractivity contribution in [3.8, 4) is 0 Å². The Hall–Kier alpha value is -1.72. The second-order valence-electron chi connectivity index (χ2n) is 4.75. The number of carbonyl (C=O) groups is 2. The van der Waals surface area contributed by atoms with E-state index in [1.807, 2.05) is 0 Å². The van der Waals surface area contributed by atoms with Crippen LogP contribution >= 0.6 is 7.37 Å². The minimum Gasteiger partial charge on any atom is -0.481 e. The summed E-state index contributed by atoms with van der Waals surface area (Å²) in [5, 5.41) is 17.5. The minimum absolute atomic E-state index is 0.0331. The van der Waals surface area contributed by atoms with Crippen LogP contribution in [0.2, 0.25) is 0 Å². The first-order valence-electron chi connectivity index (χ1n) is 6.20. The van der Waals surface area contributed by atoms with Gasteiger partial charge in [0, 0.05) is 12.6 Å². The second-order valence-corrected chi connectivity index (χ2v) is 7.12. The molecule has 0 radical (unpaired) electrons. The average molecular weight is 318 g/mol. The maximum atomic E-state index is 13.4. The Labute approximate surface area is 120 Å². The largest absolute Gasteiger partial charge is 0.481 e. The Kier molecular flexibility index (Phi) is 6.05. The first-order chi connectivity index (χ1) is 9.71. The number of carboxylic acid groups (broad SMARTS) is 2. The van der Waals surface area contributed by atoms with E-state index in [0.29, 0.717) is 0 Å². The zero-order valence-corrected chi connectivity index (χ0v) is 12.0. The lowest BCUT2D eigenvalue weighted by atomic mass is 10.1. The molecule has 0 saturated carbocycles. The molecule has 8 heteroatoms. The van der Waals surface area contributed by atoms with Gasteiger partial charge in [0.2, 0.25) is 7.37 Å². The number of hydrogen-bond acceptors (Lipinski definition) is 3. The van der Waals surface area contributed by atoms with E-state index in [4.69, 9.17) is 10.2 Å². The zero-order chi connectivity index (χ0) is 16.0. The highest BCUT2D eigenvalue weighted by Crippen LogP contribution is 2.47. The van der Waals surface area contributed by atoms with Gasteiger partial charge in [-0.1, -0.05) is 18.2 Å². The molecule has 21 heavy (non-hydrogen) atoms. The Morgan fingerprint density at radius 1 is 1.24 bits per heavy atom. The van der Waals surface area contributed by atoms with Crippen molar-refractivity contribution in [3.63, 3.8) is 0 Å². The van der Waals surface area contributed by atoms with Crippen molar-refractivity contribution in [1.82, 2.24) is 0 Å². The van der Waals surface area contributed by atoms with Gasteiger partial charge in [-0.25, -0.2) is 4.39 Å². The molecule has 0 amide bonds. The third-order valence-corrected chi connectivity index (χ3v) is 4.78. The highest BCUT2D eigenvalue weighted by molar-refractivity contribution is 7.57. The molecule has 0 heterocycles. The quantitative estimate of drug-likeness (QED) is 0.633. The molecule has 3 N–H and O–H groups in total. The van der Waals surface area contributed by atoms with E-state index in [1.54, 1.807) is 0 Å². The van der Waals surface area contributed by atoms with Crippen molar-refractivity contribution in [3.05, 3.63) is 35.6 Å². The fourth-order valence-corrected chi connectivity index (χ4v) is 3.84. The van der Waals surface area contributed by atoms with Gasteiger partial charge in [-0.3, -0.25) is 14.2 Å². The van der Waals surface area contributed by atoms with Gasteiger partial charge >= 0.3 is 11.9 Å². The van der Waals surface area contributed by atoms with E-state index in [-0.39, 0.29) is 12.0 Å². The summed E-state index contributed by atoms with van der Waals surface area (Å²) in [5.41, 5.74) is 0.0331. The normalized spacial score (nSPS) is 15.1. The van der Waals surface area contributed by atoms with Crippen molar-refractivity contribution in [2.24, 2.45) is 5.92 Å². The molecule has 1 aromatic carbocycles. The molecule has 0 aliphatic rings. The second kappa shape index (κ2) is 7.33. The molecule has 0 fully saturated rings. The van der Waals surface area contributed by atoms with Crippen LogP contribution in [0.4, 0.5) is 4.39 Å². The fourth-order valence-electron chi connectivity index (χ4n) is 1.89. The molecule has 0 spiro atoms. The van der Waals surface area contributed by atoms with Crippen LogP contribution in [0.3, 0.4) is 0 Å². The molecule has 0 aliphatic carbocycles. The summed E-state index contributed by atoms with van der Waals surface area (Å²) in [6.07, 6.45) is -1.70. The van der Waals surface area contributed by atoms with Crippen LogP contribution < -0.4 is 0 Å². The van der Waals surface area contributed by atoms with Crippen molar-refractivity contribution in [2.45, 2.75) is 19.0 Å². The Morgan fingerprint density at radius 3 is 2.38 bits per heavy atom. The third-order valence-electron chi connectivity index (χ3n) is 2.94. The van der Waals surface area contributed by atoms with Crippen molar-refractivity contribution in [2.75, 3.05) is 6.16 Å². The van der Waals surface area contributed by atoms with Crippen molar-refractivity contribution in [1.29, 1.82) is 0 Å². The smallest absolute Gasteiger partial charge is 0.307 e. The molecule has 2 atom stereocenters. The molecule has 0 aromatic heterocycles. The van der Waals surface area contributed by atoms with Gasteiger partial charge in [0.1, 0.15) is 5.82 Å². The Morgan fingerprint density at radius 2 is 1.86 bits per heavy atom. The SMILES string of the molecule is O=C(O)CC[C@@H](CP(=O)(O)Cc1ccccc1F)C(=O)O. The summed E-state index contributed by atoms with van der Waals surface area (Å²) in [6, 6.07) is 5.45. The number of hydrogen-bond donors (Lipinski definition) is 3. The number of rotatable bonds is 8. The van der Waals surface area contributed by atoms with Crippen molar-refractivity contribution < 1.29 is 33.7 Å². The van der Waals surface area contributed by atoms with Crippen LogP contribution in [0.5, 0.6) is 0 Å². The Bertz CT molecular complexity index is 574. The molecule has 1 aromatic rings. The van der Waals surface area contributed by atoms with E-state index in [0.717, 1.165) is 6.07 Å². The molecule has 6 nitrogen and oxygen atoms in total. The van der Waals surface area contributed by atoms with Crippen LogP contribution in [0, 0.1) is 11.7 Å². The fraction of sp³-hybridized carbons (Fsp3) is 0.385. The van der Waals surface area contributed by atoms with Gasteiger partial charge in [-0.05, 0) is 18.1 Å². The van der Waals surface area contributed by atoms with Gasteiger partial charge in [0.25, 0.3) is 0 Å². The lowest BCUT2D eigenvalue weighted by Gasteiger charge is -2.17. The zero-order valence-electron chi connectivity index (χ0n) is 11.1. The molecular weight excluding hydrogens is 302 g/mol. The van der Waals surface area contributed by atoms with Gasteiger partial charge in [-0.15, -0.1) is 0 Å². The minimum atomic E-state index is -3.93. The van der Waals surface area contributed by atoms with Crippen LogP contribution in [0.1, 0.15) is 18.4 Å². The summed E-state index contributed by atoms with van der Waals surface area (Å²) in [6.45, 7) is 0. The summed E-state index contributed by atoms with van der Waals surface area (Å²) in [5.74, 6) is -4.39. The van der Waals surface area contributed by atoms with Crippen LogP contribution in [0.15, 0.2) is 24.3 Å². The van der Waals surface area contributed by atoms with Gasteiger partial charge < -0.3 is 15.1 Å². The molecular formula is C13H16FO6P. The standard InChI is InChI=1S/C13H16FO6P/c14-11-4-2-1-3-9(11)7-21(19,20)8-10(13(17)18)5-6-12(15)16/h1-4,10H,5-8H2,(H,15,16)(H,17,18)(H,19,20)/t10-/m0/s1. The number of halogens is 1. The number of aliphatic carboxylic acids is 2. The van der Waals surface area contributed by atoms with Gasteiger partial charge in [0.15, 0.2) is 0 Å².